The van der Waals surface area contributed by atoms with Crippen LogP contribution in [0, 0.1) is 6.92 Å². The van der Waals surface area contributed by atoms with E-state index in [1.54, 1.807) is 19.2 Å². The lowest BCUT2D eigenvalue weighted by atomic mass is 10.0. The Hall–Kier alpha value is -3.86. The zero-order valence-corrected chi connectivity index (χ0v) is 20.9. The molecule has 3 rings (SSSR count). The van der Waals surface area contributed by atoms with Crippen LogP contribution < -0.4 is 4.90 Å². The van der Waals surface area contributed by atoms with Gasteiger partial charge in [-0.15, -0.1) is 0 Å². The number of carboxylic acids is 1. The molecule has 1 aliphatic rings. The number of nitrogens with zero attached hydrogens (tertiary/aromatic N) is 3. The van der Waals surface area contributed by atoms with Crippen molar-refractivity contribution in [3.8, 4) is 0 Å². The zero-order valence-electron chi connectivity index (χ0n) is 20.9. The third-order valence-corrected chi connectivity index (χ3v) is 6.09. The number of allylic oxidation sites excluding steroid dienone is 5. The molecular formula is C26H29F3N4O4. The molecule has 37 heavy (non-hydrogen) atoms. The molecule has 1 atom stereocenters. The van der Waals surface area contributed by atoms with E-state index in [1.165, 1.54) is 23.1 Å². The van der Waals surface area contributed by atoms with E-state index < -0.39 is 35.1 Å². The highest BCUT2D eigenvalue weighted by Crippen LogP contribution is 2.32. The van der Waals surface area contributed by atoms with Crippen molar-refractivity contribution in [1.82, 2.24) is 15.1 Å². The van der Waals surface area contributed by atoms with Crippen molar-refractivity contribution < 1.29 is 32.6 Å². The second-order valence-electron chi connectivity index (χ2n) is 9.25. The second-order valence-corrected chi connectivity index (χ2v) is 9.25. The van der Waals surface area contributed by atoms with Gasteiger partial charge in [-0.2, -0.15) is 5.10 Å². The van der Waals surface area contributed by atoms with Crippen molar-refractivity contribution in [2.45, 2.75) is 38.8 Å². The van der Waals surface area contributed by atoms with Crippen molar-refractivity contribution in [2.24, 2.45) is 0 Å². The first-order valence-corrected chi connectivity index (χ1v) is 11.5. The van der Waals surface area contributed by atoms with E-state index in [1.807, 2.05) is 18.9 Å². The number of aryl methyl sites for hydroxylation is 1. The van der Waals surface area contributed by atoms with Gasteiger partial charge < -0.3 is 14.7 Å². The number of carboxylic acid groups (broad SMARTS) is 1. The van der Waals surface area contributed by atoms with Gasteiger partial charge in [-0.25, -0.2) is 22.8 Å². The van der Waals surface area contributed by atoms with Gasteiger partial charge in [0.15, 0.2) is 17.5 Å². The Kier molecular flexibility index (Phi) is 8.59. The lowest BCUT2D eigenvalue weighted by Gasteiger charge is -2.25. The lowest BCUT2D eigenvalue weighted by molar-refractivity contribution is 0.0567. The topological polar surface area (TPSA) is 98.8 Å². The number of benzene rings is 1. The molecule has 0 bridgehead atoms. The molecule has 1 amide bonds. The Balaban J connectivity index is 1.57. The van der Waals surface area contributed by atoms with Crippen LogP contribution in [-0.2, 0) is 17.7 Å². The molecule has 1 saturated heterocycles. The van der Waals surface area contributed by atoms with Crippen LogP contribution in [0.25, 0.3) is 0 Å². The molecule has 1 aromatic heterocycles. The third kappa shape index (κ3) is 6.88. The fraction of sp³-hybridized carbons (Fsp3) is 0.346. The van der Waals surface area contributed by atoms with Gasteiger partial charge in [-0.1, -0.05) is 12.7 Å². The Labute approximate surface area is 212 Å². The Morgan fingerprint density at radius 3 is 2.76 bits per heavy atom. The van der Waals surface area contributed by atoms with Crippen molar-refractivity contribution in [1.29, 1.82) is 0 Å². The summed E-state index contributed by atoms with van der Waals surface area (Å²) in [5.41, 5.74) is 2.19. The molecule has 198 valence electrons. The number of anilines is 1. The molecule has 0 saturated carbocycles. The van der Waals surface area contributed by atoms with Gasteiger partial charge in [0.05, 0.1) is 24.0 Å². The molecule has 2 heterocycles. The summed E-state index contributed by atoms with van der Waals surface area (Å²) in [7, 11) is 1.89. The van der Waals surface area contributed by atoms with E-state index in [0.717, 1.165) is 11.6 Å². The predicted octanol–water partition coefficient (Wildman–Crippen LogP) is 5.39. The van der Waals surface area contributed by atoms with Gasteiger partial charge in [-0.05, 0) is 50.7 Å². The molecule has 1 fully saturated rings. The number of halogens is 3. The first-order valence-electron chi connectivity index (χ1n) is 11.5. The highest BCUT2D eigenvalue weighted by molar-refractivity contribution is 5.93. The van der Waals surface area contributed by atoms with Crippen LogP contribution in [0.2, 0.25) is 0 Å². The van der Waals surface area contributed by atoms with Gasteiger partial charge >= 0.3 is 12.1 Å². The smallest absolute Gasteiger partial charge is 0.415 e. The van der Waals surface area contributed by atoms with E-state index in [2.05, 4.69) is 16.8 Å². The highest BCUT2D eigenvalue weighted by atomic mass is 19.2. The minimum atomic E-state index is -1.63. The van der Waals surface area contributed by atoms with Gasteiger partial charge in [0.1, 0.15) is 5.60 Å². The second kappa shape index (κ2) is 11.5. The molecule has 1 aliphatic heterocycles. The molecule has 8 nitrogen and oxygen atoms in total. The molecule has 0 radical (unpaired) electrons. The van der Waals surface area contributed by atoms with Crippen molar-refractivity contribution in [3.63, 3.8) is 0 Å². The van der Waals surface area contributed by atoms with Crippen LogP contribution in [0.3, 0.4) is 0 Å². The van der Waals surface area contributed by atoms with Gasteiger partial charge in [-0.3, -0.25) is 10.00 Å². The Bertz CT molecular complexity index is 1260. The number of aromatic nitrogens is 2. The fourth-order valence-corrected chi connectivity index (χ4v) is 4.03. The average molecular weight is 519 g/mol. The zero-order chi connectivity index (χ0) is 27.3. The molecule has 2 N–H and O–H groups in total. The minimum absolute atomic E-state index is 0.145. The molecule has 1 unspecified atom stereocenters. The third-order valence-electron chi connectivity index (χ3n) is 6.09. The molecule has 0 spiro atoms. The number of carbonyl (C=O) groups is 2. The maximum Gasteiger partial charge on any atom is 0.415 e. The maximum atomic E-state index is 13.5. The number of aromatic amines is 1. The predicted molar refractivity (Wildman–Crippen MR) is 132 cm³/mol. The molecule has 1 aromatic carbocycles. The van der Waals surface area contributed by atoms with E-state index >= 15 is 0 Å². The molecule has 11 heteroatoms. The number of cyclic esters (lactones) is 1. The number of ether oxygens (including phenoxy) is 1. The number of hydrogen-bond donors (Lipinski definition) is 2. The summed E-state index contributed by atoms with van der Waals surface area (Å²) in [6, 6.07) is 4.58. The summed E-state index contributed by atoms with van der Waals surface area (Å²) < 4.78 is 45.1. The van der Waals surface area contributed by atoms with Crippen LogP contribution in [0.4, 0.5) is 23.7 Å². The summed E-state index contributed by atoms with van der Waals surface area (Å²) in [6.45, 7) is 7.71. The maximum absolute atomic E-state index is 13.5. The SMILES string of the molecule is C=C(F)/C(F)=C(F)\C=C/Cc1[nH]ncc1CN(C)CCC1(C)CN(c2ccc(C(=O)O)cc2C)C(=O)O1. The standard InChI is InChI=1S/C26H29F3N4O4/c1-16-12-18(24(34)35)8-9-22(16)33-15-26(3,37-25(33)36)10-11-32(4)14-19-13-30-31-21(19)7-5-6-20(28)23(29)17(2)27/h5-6,8-9,12-13H,2,7,10-11,14-15H2,1,3-4H3,(H,30,31)(H,34,35)/b6-5-,23-20-. The van der Waals surface area contributed by atoms with E-state index in [-0.39, 0.29) is 12.0 Å². The van der Waals surface area contributed by atoms with Crippen molar-refractivity contribution >= 4 is 17.7 Å². The largest absolute Gasteiger partial charge is 0.478 e. The lowest BCUT2D eigenvalue weighted by Crippen LogP contribution is -2.35. The number of aromatic carboxylic acids is 1. The number of rotatable bonds is 11. The van der Waals surface area contributed by atoms with Gasteiger partial charge in [0.25, 0.3) is 0 Å². The van der Waals surface area contributed by atoms with Crippen LogP contribution in [0.15, 0.2) is 60.6 Å². The first-order chi connectivity index (χ1) is 17.4. The van der Waals surface area contributed by atoms with Crippen LogP contribution in [0.5, 0.6) is 0 Å². The monoisotopic (exact) mass is 518 g/mol. The highest BCUT2D eigenvalue weighted by Gasteiger charge is 2.42. The summed E-state index contributed by atoms with van der Waals surface area (Å²) in [4.78, 5) is 27.3. The molecule has 2 aromatic rings. The molecular weight excluding hydrogens is 489 g/mol. The van der Waals surface area contributed by atoms with E-state index in [9.17, 15) is 22.8 Å². The van der Waals surface area contributed by atoms with Crippen LogP contribution >= 0.6 is 0 Å². The fourth-order valence-electron chi connectivity index (χ4n) is 4.03. The quantitative estimate of drug-likeness (QED) is 0.387. The number of amides is 1. The van der Waals surface area contributed by atoms with Crippen molar-refractivity contribution in [2.75, 3.05) is 25.0 Å². The van der Waals surface area contributed by atoms with Gasteiger partial charge in [0.2, 0.25) is 0 Å². The first kappa shape index (κ1) is 27.7. The molecule has 0 aliphatic carbocycles. The Morgan fingerprint density at radius 1 is 1.38 bits per heavy atom. The number of nitrogens with one attached hydrogen (secondary N) is 1. The van der Waals surface area contributed by atoms with E-state index in [4.69, 9.17) is 9.84 Å². The average Bonchev–Trinajstić information content (AvgIpc) is 3.40. The van der Waals surface area contributed by atoms with Crippen LogP contribution in [-0.4, -0.2) is 58.0 Å². The summed E-state index contributed by atoms with van der Waals surface area (Å²) in [5, 5.41) is 16.0. The van der Waals surface area contributed by atoms with Crippen LogP contribution in [0.1, 0.15) is 40.5 Å². The van der Waals surface area contributed by atoms with Crippen molar-refractivity contribution in [3.05, 3.63) is 83.0 Å². The summed E-state index contributed by atoms with van der Waals surface area (Å²) in [6.07, 6.45) is 4.10. The van der Waals surface area contributed by atoms with E-state index in [0.29, 0.717) is 43.0 Å². The number of carbonyl (C=O) groups excluding carboxylic acids is 1. The Morgan fingerprint density at radius 2 is 2.11 bits per heavy atom. The number of hydrogen-bond acceptors (Lipinski definition) is 5. The number of H-pyrrole nitrogens is 1. The minimum Gasteiger partial charge on any atom is -0.478 e. The normalized spacial score (nSPS) is 18.5. The summed E-state index contributed by atoms with van der Waals surface area (Å²) in [5.74, 6) is -5.48. The van der Waals surface area contributed by atoms with Gasteiger partial charge in [0, 0.05) is 37.2 Å². The summed E-state index contributed by atoms with van der Waals surface area (Å²) >= 11 is 0.